The molecule has 144 valence electrons. The van der Waals surface area contributed by atoms with Crippen LogP contribution in [0, 0.1) is 5.92 Å². The lowest BCUT2D eigenvalue weighted by atomic mass is 9.85. The van der Waals surface area contributed by atoms with E-state index in [4.69, 9.17) is 5.11 Å². The van der Waals surface area contributed by atoms with E-state index >= 15 is 0 Å². The number of aliphatic hydroxyl groups excluding tert-OH is 1. The SMILES string of the molecule is C[C@H](CO)NC(=O)c1cnc2c(C3=CC[C@@H](C(F)(F)F)CC3)cccc2c1. The van der Waals surface area contributed by atoms with Crippen molar-refractivity contribution in [3.8, 4) is 0 Å². The molecule has 1 aliphatic carbocycles. The summed E-state index contributed by atoms with van der Waals surface area (Å²) in [5.74, 6) is -1.62. The minimum Gasteiger partial charge on any atom is -0.394 e. The van der Waals surface area contributed by atoms with Crippen LogP contribution in [0.1, 0.15) is 42.1 Å². The van der Waals surface area contributed by atoms with Crippen molar-refractivity contribution in [2.24, 2.45) is 5.92 Å². The van der Waals surface area contributed by atoms with Crippen LogP contribution in [0.3, 0.4) is 0 Å². The predicted octanol–water partition coefficient (Wildman–Crippen LogP) is 4.09. The van der Waals surface area contributed by atoms with Gasteiger partial charge in [-0.1, -0.05) is 24.3 Å². The molecule has 3 rings (SSSR count). The number of amides is 1. The van der Waals surface area contributed by atoms with Crippen molar-refractivity contribution >= 4 is 22.4 Å². The Morgan fingerprint density at radius 2 is 2.19 bits per heavy atom. The van der Waals surface area contributed by atoms with Crippen molar-refractivity contribution in [2.75, 3.05) is 6.61 Å². The van der Waals surface area contributed by atoms with Crippen molar-refractivity contribution in [3.05, 3.63) is 47.7 Å². The van der Waals surface area contributed by atoms with Gasteiger partial charge >= 0.3 is 6.18 Å². The number of carbonyl (C=O) groups is 1. The lowest BCUT2D eigenvalue weighted by Gasteiger charge is -2.24. The summed E-state index contributed by atoms with van der Waals surface area (Å²) in [5, 5.41) is 12.5. The van der Waals surface area contributed by atoms with E-state index in [0.717, 1.165) is 16.5 Å². The fourth-order valence-corrected chi connectivity index (χ4v) is 3.27. The van der Waals surface area contributed by atoms with Crippen molar-refractivity contribution in [1.29, 1.82) is 0 Å². The minimum absolute atomic E-state index is 0.0191. The van der Waals surface area contributed by atoms with Crippen LogP contribution in [0.4, 0.5) is 13.2 Å². The molecule has 0 saturated heterocycles. The van der Waals surface area contributed by atoms with Gasteiger partial charge in [0.25, 0.3) is 5.91 Å². The molecule has 0 aliphatic heterocycles. The molecule has 0 unspecified atom stereocenters. The number of aliphatic hydroxyl groups is 1. The zero-order valence-corrected chi connectivity index (χ0v) is 14.9. The van der Waals surface area contributed by atoms with E-state index in [1.807, 2.05) is 18.2 Å². The largest absolute Gasteiger partial charge is 0.394 e. The Morgan fingerprint density at radius 3 is 2.81 bits per heavy atom. The van der Waals surface area contributed by atoms with E-state index in [2.05, 4.69) is 10.3 Å². The maximum Gasteiger partial charge on any atom is 0.392 e. The van der Waals surface area contributed by atoms with E-state index in [9.17, 15) is 18.0 Å². The number of para-hydroxylation sites is 1. The van der Waals surface area contributed by atoms with Crippen LogP contribution in [0.15, 0.2) is 36.5 Å². The summed E-state index contributed by atoms with van der Waals surface area (Å²) >= 11 is 0. The molecule has 1 aliphatic rings. The van der Waals surface area contributed by atoms with E-state index < -0.39 is 12.1 Å². The second kappa shape index (κ2) is 7.68. The highest BCUT2D eigenvalue weighted by molar-refractivity contribution is 5.99. The van der Waals surface area contributed by atoms with Gasteiger partial charge in [0.1, 0.15) is 0 Å². The quantitative estimate of drug-likeness (QED) is 0.842. The Bertz CT molecular complexity index is 877. The molecule has 1 heterocycles. The Hall–Kier alpha value is -2.41. The molecule has 1 aromatic carbocycles. The number of halogens is 3. The highest BCUT2D eigenvalue weighted by atomic mass is 19.4. The standard InChI is InChI=1S/C20H21F3N2O2/c1-12(11-26)25-19(27)15-9-14-3-2-4-17(18(14)24-10-15)13-5-7-16(8-6-13)20(21,22)23/h2-5,9-10,12,16,26H,6-8,11H2,1H3,(H,25,27)/t12-,16-/m1/s1. The molecule has 1 aromatic heterocycles. The highest BCUT2D eigenvalue weighted by Crippen LogP contribution is 2.40. The number of pyridine rings is 1. The molecule has 0 spiro atoms. The van der Waals surface area contributed by atoms with Gasteiger partial charge in [0, 0.05) is 23.2 Å². The van der Waals surface area contributed by atoms with Crippen LogP contribution < -0.4 is 5.32 Å². The van der Waals surface area contributed by atoms with Crippen molar-refractivity contribution in [2.45, 2.75) is 38.4 Å². The molecule has 7 heteroatoms. The molecule has 0 radical (unpaired) electrons. The lowest BCUT2D eigenvalue weighted by molar-refractivity contribution is -0.175. The van der Waals surface area contributed by atoms with Crippen molar-refractivity contribution in [3.63, 3.8) is 0 Å². The summed E-state index contributed by atoms with van der Waals surface area (Å²) in [4.78, 5) is 16.6. The van der Waals surface area contributed by atoms with E-state index in [1.165, 1.54) is 6.20 Å². The molecule has 0 fully saturated rings. The molecule has 0 saturated carbocycles. The summed E-state index contributed by atoms with van der Waals surface area (Å²) in [5.41, 5.74) is 2.71. The zero-order chi connectivity index (χ0) is 19.6. The summed E-state index contributed by atoms with van der Waals surface area (Å²) in [6, 6.07) is 6.82. The molecule has 27 heavy (non-hydrogen) atoms. The van der Waals surface area contributed by atoms with E-state index in [0.29, 0.717) is 17.5 Å². The van der Waals surface area contributed by atoms with Gasteiger partial charge in [-0.2, -0.15) is 13.2 Å². The lowest BCUT2D eigenvalue weighted by Crippen LogP contribution is -2.35. The van der Waals surface area contributed by atoms with Crippen LogP contribution in [0.2, 0.25) is 0 Å². The van der Waals surface area contributed by atoms with Gasteiger partial charge in [-0.25, -0.2) is 0 Å². The smallest absolute Gasteiger partial charge is 0.392 e. The summed E-state index contributed by atoms with van der Waals surface area (Å²) in [6.45, 7) is 1.53. The van der Waals surface area contributed by atoms with Crippen LogP contribution >= 0.6 is 0 Å². The van der Waals surface area contributed by atoms with Crippen LogP contribution in [0.25, 0.3) is 16.5 Å². The molecule has 4 nitrogen and oxygen atoms in total. The van der Waals surface area contributed by atoms with Crippen LogP contribution in [-0.4, -0.2) is 34.8 Å². The number of rotatable bonds is 4. The maximum absolute atomic E-state index is 12.9. The van der Waals surface area contributed by atoms with Crippen molar-refractivity contribution in [1.82, 2.24) is 10.3 Å². The van der Waals surface area contributed by atoms with Crippen LogP contribution in [0.5, 0.6) is 0 Å². The number of fused-ring (bicyclic) bond motifs is 1. The van der Waals surface area contributed by atoms with Gasteiger partial charge in [-0.05, 0) is 37.8 Å². The normalized spacial score (nSPS) is 18.9. The fourth-order valence-electron chi connectivity index (χ4n) is 3.27. The first-order chi connectivity index (χ1) is 12.8. The highest BCUT2D eigenvalue weighted by Gasteiger charge is 2.39. The number of benzene rings is 1. The van der Waals surface area contributed by atoms with Gasteiger partial charge in [-0.15, -0.1) is 0 Å². The van der Waals surface area contributed by atoms with Crippen LogP contribution in [-0.2, 0) is 0 Å². The maximum atomic E-state index is 12.9. The summed E-state index contributed by atoms with van der Waals surface area (Å²) < 4.78 is 38.6. The molecule has 0 bridgehead atoms. The Balaban J connectivity index is 1.88. The molecule has 1 amide bonds. The average molecular weight is 378 g/mol. The predicted molar refractivity (Wildman–Crippen MR) is 97.1 cm³/mol. The third-order valence-electron chi connectivity index (χ3n) is 4.84. The third-order valence-corrected chi connectivity index (χ3v) is 4.84. The third kappa shape index (κ3) is 4.30. The summed E-state index contributed by atoms with van der Waals surface area (Å²) in [7, 11) is 0. The number of nitrogens with zero attached hydrogens (tertiary/aromatic N) is 1. The monoisotopic (exact) mass is 378 g/mol. The number of nitrogens with one attached hydrogen (secondary N) is 1. The second-order valence-corrected chi connectivity index (χ2v) is 6.90. The van der Waals surface area contributed by atoms with Gasteiger partial charge < -0.3 is 10.4 Å². The van der Waals surface area contributed by atoms with E-state index in [1.54, 1.807) is 19.1 Å². The number of hydrogen-bond donors (Lipinski definition) is 2. The number of hydrogen-bond acceptors (Lipinski definition) is 3. The zero-order valence-electron chi connectivity index (χ0n) is 14.9. The first kappa shape index (κ1) is 19.4. The first-order valence-corrected chi connectivity index (χ1v) is 8.86. The molecule has 2 aromatic rings. The second-order valence-electron chi connectivity index (χ2n) is 6.90. The molecule has 2 N–H and O–H groups in total. The average Bonchev–Trinajstić information content (AvgIpc) is 2.66. The Labute approximate surface area is 155 Å². The molecular formula is C20H21F3N2O2. The number of carbonyl (C=O) groups excluding carboxylic acids is 1. The van der Waals surface area contributed by atoms with Crippen molar-refractivity contribution < 1.29 is 23.1 Å². The van der Waals surface area contributed by atoms with Gasteiger partial charge in [0.15, 0.2) is 0 Å². The molecule has 2 atom stereocenters. The van der Waals surface area contributed by atoms with Gasteiger partial charge in [-0.3, -0.25) is 9.78 Å². The Kier molecular flexibility index (Phi) is 5.51. The summed E-state index contributed by atoms with van der Waals surface area (Å²) in [6.07, 6.45) is -0.650. The number of allylic oxidation sites excluding steroid dienone is 2. The topological polar surface area (TPSA) is 62.2 Å². The molecular weight excluding hydrogens is 357 g/mol. The number of alkyl halides is 3. The van der Waals surface area contributed by atoms with Gasteiger partial charge in [0.2, 0.25) is 0 Å². The first-order valence-electron chi connectivity index (χ1n) is 8.86. The van der Waals surface area contributed by atoms with E-state index in [-0.39, 0.29) is 31.4 Å². The van der Waals surface area contributed by atoms with Gasteiger partial charge in [0.05, 0.1) is 23.6 Å². The minimum atomic E-state index is -4.16. The Morgan fingerprint density at radius 1 is 1.41 bits per heavy atom. The number of aromatic nitrogens is 1. The fraction of sp³-hybridized carbons (Fsp3) is 0.400.